The molecule has 0 fully saturated rings. The Bertz CT molecular complexity index is 807. The summed E-state index contributed by atoms with van der Waals surface area (Å²) in [7, 11) is 0. The largest absolute Gasteiger partial charge is 0.340 e. The van der Waals surface area contributed by atoms with Gasteiger partial charge in [-0.2, -0.15) is 5.10 Å². The number of hydrazone groups is 1. The third kappa shape index (κ3) is 5.39. The molecule has 2 N–H and O–H groups in total. The molecule has 0 radical (unpaired) electrons. The first-order valence-electron chi connectivity index (χ1n) is 8.02. The van der Waals surface area contributed by atoms with Gasteiger partial charge in [-0.05, 0) is 35.7 Å². The molecule has 0 aliphatic rings. The van der Waals surface area contributed by atoms with Crippen molar-refractivity contribution >= 4 is 29.6 Å². The minimum Gasteiger partial charge on any atom is -0.340 e. The first kappa shape index (κ1) is 19.6. The normalized spacial score (nSPS) is 12.2. The van der Waals surface area contributed by atoms with E-state index in [2.05, 4.69) is 15.8 Å². The highest BCUT2D eigenvalue weighted by molar-refractivity contribution is 6.33. The maximum atomic E-state index is 12.9. The first-order chi connectivity index (χ1) is 12.4. The van der Waals surface area contributed by atoms with E-state index in [1.54, 1.807) is 38.1 Å². The Morgan fingerprint density at radius 1 is 1.12 bits per heavy atom. The third-order valence-corrected chi connectivity index (χ3v) is 3.94. The molecule has 2 rings (SSSR count). The molecule has 0 bridgehead atoms. The number of halogens is 2. The Morgan fingerprint density at radius 3 is 2.38 bits per heavy atom. The fourth-order valence-electron chi connectivity index (χ4n) is 2.19. The van der Waals surface area contributed by atoms with Crippen molar-refractivity contribution in [3.8, 4) is 0 Å². The summed E-state index contributed by atoms with van der Waals surface area (Å²) in [4.78, 5) is 24.7. The van der Waals surface area contributed by atoms with Gasteiger partial charge in [0.1, 0.15) is 11.9 Å². The highest BCUT2D eigenvalue weighted by Gasteiger charge is 2.25. The van der Waals surface area contributed by atoms with Crippen molar-refractivity contribution in [3.05, 3.63) is 70.5 Å². The second-order valence-electron chi connectivity index (χ2n) is 5.96. The smallest absolute Gasteiger partial charge is 0.262 e. The van der Waals surface area contributed by atoms with Gasteiger partial charge in [-0.15, -0.1) is 0 Å². The van der Waals surface area contributed by atoms with Crippen LogP contribution in [0.5, 0.6) is 0 Å². The number of benzene rings is 2. The lowest BCUT2D eigenvalue weighted by atomic mass is 10.0. The predicted molar refractivity (Wildman–Crippen MR) is 99.7 cm³/mol. The first-order valence-corrected chi connectivity index (χ1v) is 8.40. The molecule has 2 amide bonds. The molecule has 0 aliphatic heterocycles. The van der Waals surface area contributed by atoms with Crippen molar-refractivity contribution in [1.29, 1.82) is 0 Å². The second-order valence-corrected chi connectivity index (χ2v) is 6.37. The minimum atomic E-state index is -0.788. The van der Waals surface area contributed by atoms with Crippen LogP contribution in [0.15, 0.2) is 53.6 Å². The van der Waals surface area contributed by atoms with Gasteiger partial charge in [0.25, 0.3) is 11.8 Å². The maximum Gasteiger partial charge on any atom is 0.262 e. The molecule has 2 aromatic rings. The number of carbonyl (C=O) groups excluding carboxylic acids is 2. The standard InChI is InChI=1S/C19H19ClFN3O2/c1-12(2)17(23-18(25)15-5-3-4-6-16(15)20)19(26)24-22-11-13-7-9-14(21)10-8-13/h3-12,17H,1-2H3,(H,23,25)(H,24,26). The van der Waals surface area contributed by atoms with E-state index in [4.69, 9.17) is 11.6 Å². The van der Waals surface area contributed by atoms with E-state index in [1.807, 2.05) is 0 Å². The molecule has 0 heterocycles. The lowest BCUT2D eigenvalue weighted by Crippen LogP contribution is -2.48. The van der Waals surface area contributed by atoms with Crippen LogP contribution < -0.4 is 10.7 Å². The Morgan fingerprint density at radius 2 is 1.77 bits per heavy atom. The van der Waals surface area contributed by atoms with Gasteiger partial charge in [-0.25, -0.2) is 9.82 Å². The van der Waals surface area contributed by atoms with Gasteiger partial charge in [0, 0.05) is 0 Å². The van der Waals surface area contributed by atoms with Crippen LogP contribution in [-0.2, 0) is 4.79 Å². The van der Waals surface area contributed by atoms with Gasteiger partial charge in [-0.1, -0.05) is 49.7 Å². The number of hydrogen-bond donors (Lipinski definition) is 2. The fraction of sp³-hybridized carbons (Fsp3) is 0.211. The molecule has 26 heavy (non-hydrogen) atoms. The summed E-state index contributed by atoms with van der Waals surface area (Å²) in [5.41, 5.74) is 3.31. The van der Waals surface area contributed by atoms with Crippen LogP contribution in [0.2, 0.25) is 5.02 Å². The number of amides is 2. The summed E-state index contributed by atoms with van der Waals surface area (Å²) in [5, 5.41) is 6.83. The maximum absolute atomic E-state index is 12.9. The second kappa shape index (κ2) is 9.10. The minimum absolute atomic E-state index is 0.164. The van der Waals surface area contributed by atoms with Crippen molar-refractivity contribution in [2.75, 3.05) is 0 Å². The zero-order chi connectivity index (χ0) is 19.1. The van der Waals surface area contributed by atoms with E-state index in [9.17, 15) is 14.0 Å². The molecule has 0 saturated heterocycles. The van der Waals surface area contributed by atoms with Gasteiger partial charge in [0.05, 0.1) is 16.8 Å². The molecule has 0 saturated carbocycles. The summed E-state index contributed by atoms with van der Waals surface area (Å²) in [5.74, 6) is -1.42. The van der Waals surface area contributed by atoms with Crippen molar-refractivity contribution in [1.82, 2.24) is 10.7 Å². The van der Waals surface area contributed by atoms with Gasteiger partial charge in [0.2, 0.25) is 0 Å². The third-order valence-electron chi connectivity index (χ3n) is 3.61. The van der Waals surface area contributed by atoms with E-state index < -0.39 is 17.9 Å². The van der Waals surface area contributed by atoms with E-state index >= 15 is 0 Å². The molecule has 1 unspecified atom stereocenters. The van der Waals surface area contributed by atoms with Gasteiger partial charge < -0.3 is 5.32 Å². The zero-order valence-electron chi connectivity index (χ0n) is 14.4. The van der Waals surface area contributed by atoms with Crippen LogP contribution in [0.3, 0.4) is 0 Å². The van der Waals surface area contributed by atoms with Crippen LogP contribution in [0.25, 0.3) is 0 Å². The van der Waals surface area contributed by atoms with Crippen molar-refractivity contribution in [2.24, 2.45) is 11.0 Å². The highest BCUT2D eigenvalue weighted by atomic mass is 35.5. The van der Waals surface area contributed by atoms with Crippen LogP contribution in [0, 0.1) is 11.7 Å². The Hall–Kier alpha value is -2.73. The number of rotatable bonds is 6. The quantitative estimate of drug-likeness (QED) is 0.600. The molecule has 5 nitrogen and oxygen atoms in total. The molecular formula is C19H19ClFN3O2. The molecule has 7 heteroatoms. The van der Waals surface area contributed by atoms with E-state index in [1.165, 1.54) is 30.5 Å². The molecule has 1 atom stereocenters. The monoisotopic (exact) mass is 375 g/mol. The zero-order valence-corrected chi connectivity index (χ0v) is 15.1. The van der Waals surface area contributed by atoms with Crippen molar-refractivity contribution in [2.45, 2.75) is 19.9 Å². The highest BCUT2D eigenvalue weighted by Crippen LogP contribution is 2.15. The molecule has 0 spiro atoms. The predicted octanol–water partition coefficient (Wildman–Crippen LogP) is 3.38. The SMILES string of the molecule is CC(C)C(NC(=O)c1ccccc1Cl)C(=O)NN=Cc1ccc(F)cc1. The number of nitrogens with one attached hydrogen (secondary N) is 2. The molecular weight excluding hydrogens is 357 g/mol. The average Bonchev–Trinajstić information content (AvgIpc) is 2.61. The molecule has 0 aliphatic carbocycles. The molecule has 0 aromatic heterocycles. The summed E-state index contributed by atoms with van der Waals surface area (Å²) in [6.07, 6.45) is 1.39. The summed E-state index contributed by atoms with van der Waals surface area (Å²) < 4.78 is 12.9. The van der Waals surface area contributed by atoms with Gasteiger partial charge >= 0.3 is 0 Å². The molecule has 2 aromatic carbocycles. The lowest BCUT2D eigenvalue weighted by molar-refractivity contribution is -0.123. The van der Waals surface area contributed by atoms with Crippen LogP contribution in [0.1, 0.15) is 29.8 Å². The Labute approximate surface area is 156 Å². The van der Waals surface area contributed by atoms with Crippen LogP contribution in [-0.4, -0.2) is 24.1 Å². The summed E-state index contributed by atoms with van der Waals surface area (Å²) in [6, 6.07) is 11.5. The summed E-state index contributed by atoms with van der Waals surface area (Å²) in [6.45, 7) is 3.61. The number of carbonyl (C=O) groups is 2. The van der Waals surface area contributed by atoms with E-state index in [-0.39, 0.29) is 11.7 Å². The van der Waals surface area contributed by atoms with Crippen LogP contribution in [0.4, 0.5) is 4.39 Å². The van der Waals surface area contributed by atoms with Gasteiger partial charge in [-0.3, -0.25) is 9.59 Å². The van der Waals surface area contributed by atoms with Crippen molar-refractivity contribution < 1.29 is 14.0 Å². The van der Waals surface area contributed by atoms with E-state index in [0.29, 0.717) is 16.1 Å². The van der Waals surface area contributed by atoms with Crippen molar-refractivity contribution in [3.63, 3.8) is 0 Å². The Kier molecular flexibility index (Phi) is 6.86. The van der Waals surface area contributed by atoms with E-state index in [0.717, 1.165) is 0 Å². The molecule has 136 valence electrons. The van der Waals surface area contributed by atoms with Crippen LogP contribution >= 0.6 is 11.6 Å². The van der Waals surface area contributed by atoms with Gasteiger partial charge in [0.15, 0.2) is 0 Å². The number of nitrogens with zero attached hydrogens (tertiary/aromatic N) is 1. The Balaban J connectivity index is 2.02. The lowest BCUT2D eigenvalue weighted by Gasteiger charge is -2.20. The number of hydrogen-bond acceptors (Lipinski definition) is 3. The topological polar surface area (TPSA) is 70.6 Å². The fourth-order valence-corrected chi connectivity index (χ4v) is 2.41. The average molecular weight is 376 g/mol. The summed E-state index contributed by atoms with van der Waals surface area (Å²) >= 11 is 6.01.